The Morgan fingerprint density at radius 2 is 1.31 bits per heavy atom. The molecular formula is C34H31BCl2F4LiN2O5. The van der Waals surface area contributed by atoms with Crippen molar-refractivity contribution in [1.29, 1.82) is 0 Å². The van der Waals surface area contributed by atoms with E-state index in [1.54, 1.807) is 13.0 Å². The minimum Gasteiger partial charge on any atom is -1.00 e. The Morgan fingerprint density at radius 3 is 1.76 bits per heavy atom. The van der Waals surface area contributed by atoms with Crippen molar-refractivity contribution in [2.45, 2.75) is 45.8 Å². The van der Waals surface area contributed by atoms with Gasteiger partial charge in [-0.1, -0.05) is 37.0 Å². The van der Waals surface area contributed by atoms with Gasteiger partial charge in [-0.15, -0.1) is 0 Å². The van der Waals surface area contributed by atoms with E-state index >= 15 is 0 Å². The SMILES string of the molecule is CC1Cc2c(-c3ccc(F)cc3F)cc(Cl)nc2OC1CO.CCOC(=O)C1Oc2nc(Cl)cc(-c3ccc(F)cc3F)c2CC1C.[B].[H-].[Li+]. The van der Waals surface area contributed by atoms with Gasteiger partial charge in [-0.2, -0.15) is 0 Å². The van der Waals surface area contributed by atoms with E-state index in [1.807, 2.05) is 13.8 Å². The Bertz CT molecular complexity index is 1830. The van der Waals surface area contributed by atoms with Crippen LogP contribution < -0.4 is 28.3 Å². The summed E-state index contributed by atoms with van der Waals surface area (Å²) in [7, 11) is 0. The number of halogens is 6. The van der Waals surface area contributed by atoms with Crippen LogP contribution in [-0.4, -0.2) is 54.9 Å². The van der Waals surface area contributed by atoms with Crippen molar-refractivity contribution >= 4 is 37.6 Å². The number of benzene rings is 2. The standard InChI is InChI=1S/C18H16ClF2NO3.C16H14ClF2NO2.B.Li.H/c1-3-24-18(23)16-9(2)6-13-12(8-15(19)22-17(13)25-16)11-5-4-10(20)7-14(11)21;1-8-4-12-11(10-3-2-9(18)5-13(10)19)6-15(17)20-16(12)22-14(8)7-21;;;/h4-5,7-9,16H,3,6H2,1-2H3;2-3,5-6,8,14,21H,4,7H2,1H3;;;/q;;;+1;-1. The van der Waals surface area contributed by atoms with Crippen LogP contribution in [0, 0.1) is 35.1 Å². The fourth-order valence-electron chi connectivity index (χ4n) is 5.62. The summed E-state index contributed by atoms with van der Waals surface area (Å²) in [5, 5.41) is 9.58. The van der Waals surface area contributed by atoms with E-state index in [-0.39, 0.29) is 87.2 Å². The average molecular weight is 712 g/mol. The molecule has 2 aromatic heterocycles. The first kappa shape index (κ1) is 40.2. The van der Waals surface area contributed by atoms with Crippen LogP contribution >= 0.6 is 23.2 Å². The molecule has 0 bridgehead atoms. The zero-order chi connectivity index (χ0) is 34.0. The zero-order valence-electron chi connectivity index (χ0n) is 28.1. The maximum Gasteiger partial charge on any atom is 1.00 e. The summed E-state index contributed by atoms with van der Waals surface area (Å²) in [6.45, 7) is 5.60. The van der Waals surface area contributed by atoms with Crippen LogP contribution in [0.2, 0.25) is 10.3 Å². The predicted octanol–water partition coefficient (Wildman–Crippen LogP) is 4.53. The number of fused-ring (bicyclic) bond motifs is 2. The number of rotatable bonds is 5. The van der Waals surface area contributed by atoms with Gasteiger partial charge in [-0.05, 0) is 73.2 Å². The van der Waals surface area contributed by atoms with Crippen LogP contribution in [0.5, 0.6) is 11.8 Å². The molecule has 3 radical (unpaired) electrons. The van der Waals surface area contributed by atoms with Crippen LogP contribution in [0.4, 0.5) is 17.6 Å². The second-order valence-corrected chi connectivity index (χ2v) is 12.1. The van der Waals surface area contributed by atoms with Crippen molar-refractivity contribution in [3.63, 3.8) is 0 Å². The number of hydrogen-bond donors (Lipinski definition) is 1. The molecule has 4 aromatic rings. The van der Waals surface area contributed by atoms with Gasteiger partial charge < -0.3 is 20.7 Å². The molecule has 4 unspecified atom stereocenters. The van der Waals surface area contributed by atoms with E-state index in [1.165, 1.54) is 30.3 Å². The van der Waals surface area contributed by atoms with Gasteiger partial charge in [0, 0.05) is 48.7 Å². The molecule has 1 N–H and O–H groups in total. The average Bonchev–Trinajstić information content (AvgIpc) is 3.01. The minimum absolute atomic E-state index is 0. The van der Waals surface area contributed by atoms with Crippen molar-refractivity contribution in [3.8, 4) is 34.0 Å². The molecule has 0 fully saturated rings. The van der Waals surface area contributed by atoms with Gasteiger partial charge in [0.15, 0.2) is 6.10 Å². The number of pyridine rings is 2. The van der Waals surface area contributed by atoms with Gasteiger partial charge >= 0.3 is 24.8 Å². The second kappa shape index (κ2) is 17.1. The molecule has 2 aliphatic rings. The Hall–Kier alpha value is -3.27. The third-order valence-corrected chi connectivity index (χ3v) is 8.34. The summed E-state index contributed by atoms with van der Waals surface area (Å²) in [6, 6.07) is 9.79. The number of ether oxygens (including phenoxy) is 3. The van der Waals surface area contributed by atoms with Crippen molar-refractivity contribution in [2.24, 2.45) is 11.8 Å². The number of aliphatic hydroxyl groups excluding tert-OH is 1. The van der Waals surface area contributed by atoms with Gasteiger partial charge in [-0.25, -0.2) is 32.3 Å². The van der Waals surface area contributed by atoms with Crippen LogP contribution in [0.3, 0.4) is 0 Å². The van der Waals surface area contributed by atoms with E-state index in [9.17, 15) is 27.5 Å². The van der Waals surface area contributed by atoms with E-state index in [2.05, 4.69) is 9.97 Å². The molecule has 0 amide bonds. The molecule has 2 aliphatic heterocycles. The molecule has 0 aliphatic carbocycles. The first-order valence-electron chi connectivity index (χ1n) is 14.8. The molecule has 49 heavy (non-hydrogen) atoms. The Kier molecular flexibility index (Phi) is 14.0. The molecule has 4 heterocycles. The normalized spacial score (nSPS) is 18.9. The monoisotopic (exact) mass is 711 g/mol. The quantitative estimate of drug-likeness (QED) is 0.141. The first-order valence-corrected chi connectivity index (χ1v) is 15.6. The summed E-state index contributed by atoms with van der Waals surface area (Å²) in [5.41, 5.74) is 2.81. The van der Waals surface area contributed by atoms with E-state index in [4.69, 9.17) is 37.4 Å². The number of carbonyl (C=O) groups is 1. The first-order chi connectivity index (χ1) is 22.4. The topological polar surface area (TPSA) is 90.8 Å². The van der Waals surface area contributed by atoms with Crippen LogP contribution in [-0.2, 0) is 22.4 Å². The van der Waals surface area contributed by atoms with Gasteiger partial charge in [0.25, 0.3) is 0 Å². The molecule has 15 heteroatoms. The molecule has 6 rings (SSSR count). The zero-order valence-corrected chi connectivity index (χ0v) is 28.6. The number of aromatic nitrogens is 2. The summed E-state index contributed by atoms with van der Waals surface area (Å²) in [5.74, 6) is -2.84. The summed E-state index contributed by atoms with van der Waals surface area (Å²) < 4.78 is 71.0. The fourth-order valence-corrected chi connectivity index (χ4v) is 5.99. The maximum atomic E-state index is 14.2. The molecule has 7 nitrogen and oxygen atoms in total. The Labute approximate surface area is 306 Å². The molecule has 0 spiro atoms. The Balaban J connectivity index is 0.000000329. The number of esters is 1. The minimum atomic E-state index is -0.802. The van der Waals surface area contributed by atoms with Gasteiger partial charge in [0.05, 0.1) is 13.2 Å². The van der Waals surface area contributed by atoms with E-state index in [0.29, 0.717) is 41.0 Å². The van der Waals surface area contributed by atoms with E-state index < -0.39 is 35.3 Å². The van der Waals surface area contributed by atoms with Crippen LogP contribution in [0.15, 0.2) is 48.5 Å². The Morgan fingerprint density at radius 1 is 0.837 bits per heavy atom. The van der Waals surface area contributed by atoms with Crippen molar-refractivity contribution in [2.75, 3.05) is 13.2 Å². The molecule has 0 saturated heterocycles. The van der Waals surface area contributed by atoms with E-state index in [0.717, 1.165) is 12.1 Å². The third kappa shape index (κ3) is 8.91. The number of carbonyl (C=O) groups excluding carboxylic acids is 1. The molecule has 0 saturated carbocycles. The number of aliphatic hydroxyl groups is 1. The largest absolute Gasteiger partial charge is 1.00 e. The van der Waals surface area contributed by atoms with Crippen molar-refractivity contribution in [1.82, 2.24) is 9.97 Å². The molecular weight excluding hydrogens is 681 g/mol. The second-order valence-electron chi connectivity index (χ2n) is 11.3. The van der Waals surface area contributed by atoms with Gasteiger partial charge in [-0.3, -0.25) is 0 Å². The maximum absolute atomic E-state index is 14.2. The molecule has 253 valence electrons. The predicted molar refractivity (Wildman–Crippen MR) is 174 cm³/mol. The smallest absolute Gasteiger partial charge is 1.00 e. The number of nitrogens with zero attached hydrogens (tertiary/aromatic N) is 2. The summed E-state index contributed by atoms with van der Waals surface area (Å²) in [6.07, 6.45) is -0.180. The number of hydrogen-bond acceptors (Lipinski definition) is 7. The summed E-state index contributed by atoms with van der Waals surface area (Å²) >= 11 is 12.0. The third-order valence-electron chi connectivity index (χ3n) is 7.96. The van der Waals surface area contributed by atoms with Crippen molar-refractivity contribution in [3.05, 3.63) is 93.2 Å². The molecule has 2 aromatic carbocycles. The van der Waals surface area contributed by atoms with Crippen LogP contribution in [0.1, 0.15) is 33.3 Å². The summed E-state index contributed by atoms with van der Waals surface area (Å²) in [4.78, 5) is 20.3. The molecule has 4 atom stereocenters. The fraction of sp³-hybridized carbons (Fsp3) is 0.324. The van der Waals surface area contributed by atoms with Gasteiger partial charge in [0.2, 0.25) is 11.8 Å². The van der Waals surface area contributed by atoms with Crippen LogP contribution in [0.25, 0.3) is 22.3 Å². The van der Waals surface area contributed by atoms with Crippen molar-refractivity contribution < 1.29 is 62.0 Å². The van der Waals surface area contributed by atoms with Gasteiger partial charge in [0.1, 0.15) is 39.7 Å².